The van der Waals surface area contributed by atoms with Gasteiger partial charge < -0.3 is 24.6 Å². The molecule has 326 valence electrons. The summed E-state index contributed by atoms with van der Waals surface area (Å²) >= 11 is 1.40. The molecule has 2 N–H and O–H groups in total. The van der Waals surface area contributed by atoms with Crippen LogP contribution in [0.5, 0.6) is 17.2 Å². The summed E-state index contributed by atoms with van der Waals surface area (Å²) in [7, 11) is 0. The van der Waals surface area contributed by atoms with Crippen molar-refractivity contribution in [3.05, 3.63) is 151 Å². The van der Waals surface area contributed by atoms with Crippen LogP contribution in [0, 0.1) is 0 Å². The van der Waals surface area contributed by atoms with Gasteiger partial charge in [0.2, 0.25) is 5.91 Å². The molecule has 1 aromatic heterocycles. The number of rotatable bonds is 24. The molecule has 4 aromatic rings. The second-order valence-electron chi connectivity index (χ2n) is 14.8. The molecule has 0 spiro atoms. The molecule has 1 aliphatic heterocycles. The van der Waals surface area contributed by atoms with E-state index in [9.17, 15) is 19.5 Å². The topological polar surface area (TPSA) is 114 Å². The molecule has 2 heterocycles. The Bertz CT molecular complexity index is 2210. The first-order chi connectivity index (χ1) is 30.3. The molecule has 0 saturated carbocycles. The largest absolute Gasteiger partial charge is 0.508 e. The zero-order chi connectivity index (χ0) is 43.8. The number of aromatic hydroxyl groups is 1. The van der Waals surface area contributed by atoms with E-state index >= 15 is 0 Å². The second-order valence-corrected chi connectivity index (χ2v) is 15.9. The van der Waals surface area contributed by atoms with E-state index in [1.807, 2.05) is 24.3 Å². The van der Waals surface area contributed by atoms with Crippen molar-refractivity contribution in [3.8, 4) is 27.7 Å². The number of phenols is 1. The summed E-state index contributed by atoms with van der Waals surface area (Å²) in [5.74, 6) is 0.117. The van der Waals surface area contributed by atoms with Gasteiger partial charge in [-0.15, -0.1) is 11.3 Å². The Morgan fingerprint density at radius 1 is 0.774 bits per heavy atom. The van der Waals surface area contributed by atoms with Gasteiger partial charge in [0.1, 0.15) is 29.9 Å². The molecule has 1 amide bonds. The number of nitrogens with one attached hydrogen (secondary N) is 1. The Labute approximate surface area is 370 Å². The molecule has 1 fully saturated rings. The fourth-order valence-corrected chi connectivity index (χ4v) is 7.81. The maximum absolute atomic E-state index is 14.2. The number of hydrogen-bond donors (Lipinski definition) is 2. The van der Waals surface area contributed by atoms with E-state index in [-0.39, 0.29) is 23.9 Å². The van der Waals surface area contributed by atoms with Gasteiger partial charge in [0.15, 0.2) is 5.78 Å². The highest BCUT2D eigenvalue weighted by Gasteiger charge is 2.24. The van der Waals surface area contributed by atoms with Crippen molar-refractivity contribution in [2.24, 2.45) is 0 Å². The molecular weight excluding hydrogens is 797 g/mol. The Morgan fingerprint density at radius 3 is 1.97 bits per heavy atom. The molecule has 9 nitrogen and oxygen atoms in total. The first-order valence-electron chi connectivity index (χ1n) is 21.7. The zero-order valence-corrected chi connectivity index (χ0v) is 36.8. The van der Waals surface area contributed by atoms with E-state index < -0.39 is 12.0 Å². The van der Waals surface area contributed by atoms with Gasteiger partial charge in [-0.05, 0) is 124 Å². The number of allylic oxidation sites excluding steroid dienone is 12. The van der Waals surface area contributed by atoms with Crippen LogP contribution in [-0.2, 0) is 14.3 Å². The van der Waals surface area contributed by atoms with Crippen LogP contribution in [0.15, 0.2) is 140 Å². The number of ketones is 1. The Morgan fingerprint density at radius 2 is 1.35 bits per heavy atom. The molecule has 10 heteroatoms. The number of morpholine rings is 1. The first-order valence-corrected chi connectivity index (χ1v) is 22.5. The third-order valence-corrected chi connectivity index (χ3v) is 11.2. The van der Waals surface area contributed by atoms with Crippen LogP contribution in [0.3, 0.4) is 0 Å². The van der Waals surface area contributed by atoms with E-state index in [0.717, 1.165) is 86.5 Å². The minimum absolute atomic E-state index is 0.121. The van der Waals surface area contributed by atoms with Crippen LogP contribution in [0.4, 0.5) is 0 Å². The zero-order valence-electron chi connectivity index (χ0n) is 36.0. The lowest BCUT2D eigenvalue weighted by Crippen LogP contribution is -2.40. The predicted octanol–water partition coefficient (Wildman–Crippen LogP) is 11.1. The molecule has 1 atom stereocenters. The summed E-state index contributed by atoms with van der Waals surface area (Å²) in [6.07, 6.45) is 32.2. The average Bonchev–Trinajstić information content (AvgIpc) is 3.66. The molecule has 0 bridgehead atoms. The van der Waals surface area contributed by atoms with E-state index in [4.69, 9.17) is 14.2 Å². The molecule has 5 rings (SSSR count). The third-order valence-electron chi connectivity index (χ3n) is 10.00. The number of ether oxygens (including phenoxy) is 3. The maximum atomic E-state index is 14.2. The monoisotopic (exact) mass is 856 g/mol. The summed E-state index contributed by atoms with van der Waals surface area (Å²) < 4.78 is 17.8. The molecule has 3 aromatic carbocycles. The number of esters is 1. The highest BCUT2D eigenvalue weighted by atomic mass is 32.1. The van der Waals surface area contributed by atoms with Crippen LogP contribution >= 0.6 is 11.3 Å². The SMILES string of the molecule is CC/C=C\C/C=C\C/C=C\C/C=C\C/C=C\C/C=C\CCC(=O)N[C@@H](C)C(=O)Oc1ccc2c(C(=O)c3ccc(OCCN4CCOCC4)cc3)c(-c3ccc(O)cc3)sc2c1. The lowest BCUT2D eigenvalue weighted by molar-refractivity contribution is -0.138. The van der Waals surface area contributed by atoms with E-state index in [1.165, 1.54) is 11.3 Å². The van der Waals surface area contributed by atoms with Crippen LogP contribution in [-0.4, -0.2) is 73.2 Å². The van der Waals surface area contributed by atoms with E-state index in [1.54, 1.807) is 61.5 Å². The number of benzene rings is 3. The van der Waals surface area contributed by atoms with Gasteiger partial charge in [-0.1, -0.05) is 79.8 Å². The van der Waals surface area contributed by atoms with Crippen molar-refractivity contribution in [3.63, 3.8) is 0 Å². The first kappa shape index (κ1) is 47.2. The minimum Gasteiger partial charge on any atom is -0.508 e. The minimum atomic E-state index is -0.858. The van der Waals surface area contributed by atoms with Gasteiger partial charge in [0, 0.05) is 52.1 Å². The lowest BCUT2D eigenvalue weighted by Gasteiger charge is -2.26. The smallest absolute Gasteiger partial charge is 0.333 e. The maximum Gasteiger partial charge on any atom is 0.333 e. The highest BCUT2D eigenvalue weighted by molar-refractivity contribution is 7.22. The summed E-state index contributed by atoms with van der Waals surface area (Å²) in [5, 5.41) is 13.4. The summed E-state index contributed by atoms with van der Waals surface area (Å²) in [5.41, 5.74) is 1.79. The van der Waals surface area contributed by atoms with Gasteiger partial charge in [-0.2, -0.15) is 0 Å². The number of thiophene rings is 1. The number of phenolic OH excluding ortho intramolecular Hbond substituents is 1. The Kier molecular flexibility index (Phi) is 20.2. The molecule has 0 aliphatic carbocycles. The number of fused-ring (bicyclic) bond motifs is 1. The molecular formula is C52H60N2O7S. The summed E-state index contributed by atoms with van der Waals surface area (Å²) in [6, 6.07) is 18.2. The quantitative estimate of drug-likeness (QED) is 0.0310. The van der Waals surface area contributed by atoms with Crippen LogP contribution in [0.2, 0.25) is 0 Å². The van der Waals surface area contributed by atoms with Crippen molar-refractivity contribution < 1.29 is 33.7 Å². The van der Waals surface area contributed by atoms with Gasteiger partial charge >= 0.3 is 5.97 Å². The van der Waals surface area contributed by atoms with Crippen molar-refractivity contribution in [2.45, 2.75) is 71.3 Å². The second kappa shape index (κ2) is 26.5. The molecule has 0 radical (unpaired) electrons. The van der Waals surface area contributed by atoms with Crippen molar-refractivity contribution in [2.75, 3.05) is 39.5 Å². The van der Waals surface area contributed by atoms with Gasteiger partial charge in [-0.3, -0.25) is 14.5 Å². The normalized spacial score (nSPS) is 14.4. The van der Waals surface area contributed by atoms with Crippen molar-refractivity contribution in [1.82, 2.24) is 10.2 Å². The summed E-state index contributed by atoms with van der Waals surface area (Å²) in [6.45, 7) is 8.34. The molecule has 62 heavy (non-hydrogen) atoms. The average molecular weight is 857 g/mol. The third kappa shape index (κ3) is 15.9. The van der Waals surface area contributed by atoms with E-state index in [2.05, 4.69) is 77.9 Å². The van der Waals surface area contributed by atoms with Crippen LogP contribution < -0.4 is 14.8 Å². The predicted molar refractivity (Wildman–Crippen MR) is 252 cm³/mol. The lowest BCUT2D eigenvalue weighted by atomic mass is 9.97. The summed E-state index contributed by atoms with van der Waals surface area (Å²) in [4.78, 5) is 42.9. The molecule has 1 saturated heterocycles. The molecule has 0 unspecified atom stereocenters. The van der Waals surface area contributed by atoms with Gasteiger partial charge in [0.05, 0.1) is 13.2 Å². The number of carbonyl (C=O) groups is 3. The molecule has 1 aliphatic rings. The van der Waals surface area contributed by atoms with Gasteiger partial charge in [-0.25, -0.2) is 4.79 Å². The van der Waals surface area contributed by atoms with Gasteiger partial charge in [0.25, 0.3) is 0 Å². The Hall–Kier alpha value is -5.81. The fourth-order valence-electron chi connectivity index (χ4n) is 6.58. The van der Waals surface area contributed by atoms with Crippen LogP contribution in [0.1, 0.15) is 81.1 Å². The van der Waals surface area contributed by atoms with Crippen molar-refractivity contribution >= 4 is 39.1 Å². The number of nitrogens with zero attached hydrogens (tertiary/aromatic N) is 1. The van der Waals surface area contributed by atoms with E-state index in [0.29, 0.717) is 41.0 Å². The van der Waals surface area contributed by atoms with Crippen LogP contribution in [0.25, 0.3) is 20.5 Å². The fraction of sp³-hybridized carbons (Fsp3) is 0.327. The standard InChI is InChI=1S/C52H60N2O7S/c1-3-4-5-6-7-8-9-10-11-12-13-14-15-16-17-18-19-20-21-22-48(56)53-40(2)52(58)61-45-31-32-46-47(39-45)62-51(42-23-27-43(55)28-24-42)49(46)50(57)41-25-29-44(30-26-41)60-38-35-54-33-36-59-37-34-54/h4-5,7-8,10-11,13-14,16-17,19-20,23-32,39-40,55H,3,6,9,12,15,18,21-22,33-38H2,1-2H3,(H,53,56)/b5-4-,8-7-,11-10-,14-13-,17-16-,20-19-/t40-/m0/s1. The highest BCUT2D eigenvalue weighted by Crippen LogP contribution is 2.42. The van der Waals surface area contributed by atoms with Crippen molar-refractivity contribution in [1.29, 1.82) is 0 Å². The Balaban J connectivity index is 1.08. The number of amides is 1. The number of hydrogen-bond acceptors (Lipinski definition) is 9. The number of carbonyl (C=O) groups excluding carboxylic acids is 3.